The van der Waals surface area contributed by atoms with Crippen molar-refractivity contribution in [2.45, 2.75) is 65.2 Å². The average molecular weight is 391 g/mol. The Bertz CT molecular complexity index is 737. The maximum absolute atomic E-state index is 12.8. The highest BCUT2D eigenvalue weighted by Gasteiger charge is 2.15. The van der Waals surface area contributed by atoms with Gasteiger partial charge in [0.25, 0.3) is 0 Å². The Kier molecular flexibility index (Phi) is 8.68. The van der Waals surface area contributed by atoms with Gasteiger partial charge in [-0.3, -0.25) is 4.79 Å². The molecule has 0 bridgehead atoms. The van der Waals surface area contributed by atoms with Gasteiger partial charge in [0.2, 0.25) is 0 Å². The molecule has 140 valence electrons. The van der Waals surface area contributed by atoms with Crippen LogP contribution in [0, 0.1) is 6.92 Å². The number of rotatable bonds is 10. The summed E-state index contributed by atoms with van der Waals surface area (Å²) in [5, 5.41) is 1.04. The molecule has 0 N–H and O–H groups in total. The summed E-state index contributed by atoms with van der Waals surface area (Å²) in [6.07, 6.45) is 9.08. The number of carbonyl (C=O) groups excluding carboxylic acids is 1. The Labute approximate surface area is 167 Å². The normalized spacial score (nSPS) is 10.9. The van der Waals surface area contributed by atoms with Crippen molar-refractivity contribution in [2.75, 3.05) is 0 Å². The van der Waals surface area contributed by atoms with Crippen molar-refractivity contribution in [3.05, 3.63) is 57.6 Å². The van der Waals surface area contributed by atoms with Crippen LogP contribution in [0.3, 0.4) is 0 Å². The van der Waals surface area contributed by atoms with Crippen molar-refractivity contribution >= 4 is 29.0 Å². The van der Waals surface area contributed by atoms with Crippen LogP contribution < -0.4 is 0 Å². The van der Waals surface area contributed by atoms with Gasteiger partial charge in [0.05, 0.1) is 10.0 Å². The number of Topliss-reactive ketones (excluding diaryl/α,β-unsaturated/α-hetero) is 1. The van der Waals surface area contributed by atoms with E-state index >= 15 is 0 Å². The van der Waals surface area contributed by atoms with E-state index in [1.54, 1.807) is 6.07 Å². The topological polar surface area (TPSA) is 17.1 Å². The molecule has 0 aromatic heterocycles. The quantitative estimate of drug-likeness (QED) is 0.294. The van der Waals surface area contributed by atoms with E-state index in [9.17, 15) is 4.79 Å². The van der Waals surface area contributed by atoms with E-state index in [-0.39, 0.29) is 5.78 Å². The average Bonchev–Trinajstić information content (AvgIpc) is 2.63. The molecule has 0 aliphatic rings. The number of hydrogen-bond donors (Lipinski definition) is 0. The zero-order chi connectivity index (χ0) is 18.9. The summed E-state index contributed by atoms with van der Waals surface area (Å²) in [6, 6.07) is 11.5. The van der Waals surface area contributed by atoms with E-state index in [4.69, 9.17) is 23.2 Å². The molecule has 3 heteroatoms. The van der Waals surface area contributed by atoms with Crippen LogP contribution in [-0.2, 0) is 0 Å². The van der Waals surface area contributed by atoms with Gasteiger partial charge in [0.15, 0.2) is 5.78 Å². The fourth-order valence-corrected chi connectivity index (χ4v) is 3.61. The zero-order valence-corrected chi connectivity index (χ0v) is 17.3. The lowest BCUT2D eigenvalue weighted by Crippen LogP contribution is -2.03. The molecule has 0 aliphatic heterocycles. The van der Waals surface area contributed by atoms with Crippen molar-refractivity contribution < 1.29 is 4.79 Å². The molecule has 2 aromatic carbocycles. The maximum Gasteiger partial charge on any atom is 0.163 e. The van der Waals surface area contributed by atoms with Gasteiger partial charge < -0.3 is 0 Å². The molecule has 0 unspecified atom stereocenters. The maximum atomic E-state index is 12.8. The second kappa shape index (κ2) is 10.7. The Morgan fingerprint density at radius 1 is 0.885 bits per heavy atom. The van der Waals surface area contributed by atoms with Crippen LogP contribution in [0.15, 0.2) is 36.4 Å². The first-order valence-corrected chi connectivity index (χ1v) is 10.4. The van der Waals surface area contributed by atoms with E-state index in [1.165, 1.54) is 32.1 Å². The molecular weight excluding hydrogens is 363 g/mol. The predicted octanol–water partition coefficient (Wildman–Crippen LogP) is 8.29. The Hall–Kier alpha value is -1.31. The Morgan fingerprint density at radius 3 is 2.27 bits per heavy atom. The lowest BCUT2D eigenvalue weighted by atomic mass is 9.91. The van der Waals surface area contributed by atoms with Crippen LogP contribution in [0.25, 0.3) is 11.1 Å². The van der Waals surface area contributed by atoms with Crippen LogP contribution in [0.2, 0.25) is 10.0 Å². The van der Waals surface area contributed by atoms with Gasteiger partial charge in [0, 0.05) is 12.0 Å². The summed E-state index contributed by atoms with van der Waals surface area (Å²) >= 11 is 12.2. The van der Waals surface area contributed by atoms with Gasteiger partial charge in [0.1, 0.15) is 0 Å². The summed E-state index contributed by atoms with van der Waals surface area (Å²) < 4.78 is 0. The highest BCUT2D eigenvalue weighted by atomic mass is 35.5. The third kappa shape index (κ3) is 5.86. The first kappa shape index (κ1) is 21.0. The second-order valence-electron chi connectivity index (χ2n) is 6.92. The van der Waals surface area contributed by atoms with Crippen molar-refractivity contribution in [3.63, 3.8) is 0 Å². The first-order valence-electron chi connectivity index (χ1n) is 9.62. The fourth-order valence-electron chi connectivity index (χ4n) is 3.31. The number of ketones is 1. The third-order valence-electron chi connectivity index (χ3n) is 4.79. The largest absolute Gasteiger partial charge is 0.294 e. The van der Waals surface area contributed by atoms with E-state index in [0.29, 0.717) is 16.5 Å². The number of carbonyl (C=O) groups is 1. The fraction of sp³-hybridized carbons (Fsp3) is 0.435. The van der Waals surface area contributed by atoms with E-state index in [0.717, 1.165) is 35.1 Å². The van der Waals surface area contributed by atoms with Gasteiger partial charge in [-0.25, -0.2) is 0 Å². The smallest absolute Gasteiger partial charge is 0.163 e. The van der Waals surface area contributed by atoms with Crippen molar-refractivity contribution in [1.82, 2.24) is 0 Å². The molecule has 0 spiro atoms. The molecule has 0 aliphatic carbocycles. The molecule has 0 amide bonds. The molecule has 0 fully saturated rings. The monoisotopic (exact) mass is 390 g/mol. The van der Waals surface area contributed by atoms with Crippen LogP contribution in [0.1, 0.15) is 74.2 Å². The number of aryl methyl sites for hydroxylation is 1. The van der Waals surface area contributed by atoms with Crippen LogP contribution in [-0.4, -0.2) is 5.78 Å². The summed E-state index contributed by atoms with van der Waals surface area (Å²) in [5.74, 6) is 0.211. The van der Waals surface area contributed by atoms with Crippen molar-refractivity contribution in [1.29, 1.82) is 0 Å². The predicted molar refractivity (Wildman–Crippen MR) is 114 cm³/mol. The van der Waals surface area contributed by atoms with E-state index in [1.807, 2.05) is 37.3 Å². The van der Waals surface area contributed by atoms with Crippen LogP contribution >= 0.6 is 23.2 Å². The first-order chi connectivity index (χ1) is 12.5. The zero-order valence-electron chi connectivity index (χ0n) is 15.8. The van der Waals surface area contributed by atoms with Gasteiger partial charge in [-0.15, -0.1) is 0 Å². The second-order valence-corrected chi connectivity index (χ2v) is 7.74. The summed E-state index contributed by atoms with van der Waals surface area (Å²) in [7, 11) is 0. The lowest BCUT2D eigenvalue weighted by molar-refractivity contribution is 0.0979. The molecular formula is C23H28Cl2O. The van der Waals surface area contributed by atoms with Gasteiger partial charge in [-0.2, -0.15) is 0 Å². The number of halogens is 2. The van der Waals surface area contributed by atoms with Crippen LogP contribution in [0.4, 0.5) is 0 Å². The number of benzene rings is 2. The van der Waals surface area contributed by atoms with Gasteiger partial charge in [-0.1, -0.05) is 92.9 Å². The molecule has 2 aromatic rings. The molecule has 0 saturated carbocycles. The minimum absolute atomic E-state index is 0.211. The van der Waals surface area contributed by atoms with Crippen molar-refractivity contribution in [2.24, 2.45) is 0 Å². The molecule has 1 nitrogen and oxygen atoms in total. The molecule has 2 rings (SSSR count). The highest BCUT2D eigenvalue weighted by Crippen LogP contribution is 2.33. The number of hydrogen-bond acceptors (Lipinski definition) is 1. The van der Waals surface area contributed by atoms with Crippen molar-refractivity contribution in [3.8, 4) is 11.1 Å². The summed E-state index contributed by atoms with van der Waals surface area (Å²) in [6.45, 7) is 4.26. The van der Waals surface area contributed by atoms with Crippen LogP contribution in [0.5, 0.6) is 0 Å². The molecule has 0 saturated heterocycles. The molecule has 0 radical (unpaired) electrons. The Morgan fingerprint density at radius 2 is 1.58 bits per heavy atom. The Balaban J connectivity index is 2.06. The summed E-state index contributed by atoms with van der Waals surface area (Å²) in [5.41, 5.74) is 3.78. The van der Waals surface area contributed by atoms with E-state index in [2.05, 4.69) is 6.92 Å². The summed E-state index contributed by atoms with van der Waals surface area (Å²) in [4.78, 5) is 12.8. The molecule has 0 heterocycles. The minimum atomic E-state index is 0.211. The molecule has 0 atom stereocenters. The van der Waals surface area contributed by atoms with Gasteiger partial charge in [-0.05, 0) is 42.2 Å². The number of unbranched alkanes of at least 4 members (excludes halogenated alkanes) is 6. The third-order valence-corrected chi connectivity index (χ3v) is 5.53. The minimum Gasteiger partial charge on any atom is -0.294 e. The SMILES string of the molecule is CCCCCCCCCC(=O)c1cccc(C)c1-c1ccc(Cl)c(Cl)c1. The standard InChI is InChI=1S/C23H28Cl2O/c1-3-4-5-6-7-8-9-13-22(26)19-12-10-11-17(2)23(19)18-14-15-20(24)21(25)16-18/h10-12,14-16H,3-9,13H2,1-2H3. The highest BCUT2D eigenvalue weighted by molar-refractivity contribution is 6.42. The van der Waals surface area contributed by atoms with Gasteiger partial charge >= 0.3 is 0 Å². The van der Waals surface area contributed by atoms with E-state index < -0.39 is 0 Å². The lowest BCUT2D eigenvalue weighted by Gasteiger charge is -2.13. The molecule has 26 heavy (non-hydrogen) atoms.